The van der Waals surface area contributed by atoms with Crippen LogP contribution in [0.1, 0.15) is 32.3 Å². The van der Waals surface area contributed by atoms with Crippen molar-refractivity contribution in [3.8, 4) is 0 Å². The summed E-state index contributed by atoms with van der Waals surface area (Å²) in [7, 11) is -3.85. The highest BCUT2D eigenvalue weighted by Crippen LogP contribution is 2.51. The van der Waals surface area contributed by atoms with E-state index < -0.39 is 15.8 Å². The van der Waals surface area contributed by atoms with Crippen LogP contribution < -0.4 is 4.72 Å². The first-order valence-corrected chi connectivity index (χ1v) is 8.18. The minimum absolute atomic E-state index is 0.0224. The smallest absolute Gasteiger partial charge is 0.243 e. The van der Waals surface area contributed by atoms with E-state index in [0.29, 0.717) is 18.0 Å². The Bertz CT molecular complexity index is 594. The van der Waals surface area contributed by atoms with E-state index in [4.69, 9.17) is 5.11 Å². The summed E-state index contributed by atoms with van der Waals surface area (Å²) >= 11 is 0. The van der Waals surface area contributed by atoms with Crippen LogP contribution in [0.5, 0.6) is 0 Å². The minimum Gasteiger partial charge on any atom is -0.392 e. The number of halogens is 1. The predicted octanol–water partition coefficient (Wildman–Crippen LogP) is 2.03. The van der Waals surface area contributed by atoms with Gasteiger partial charge in [0.2, 0.25) is 10.0 Å². The van der Waals surface area contributed by atoms with Gasteiger partial charge in [0.25, 0.3) is 0 Å². The molecule has 1 fully saturated rings. The first-order valence-electron chi connectivity index (χ1n) is 6.70. The zero-order valence-corrected chi connectivity index (χ0v) is 12.5. The van der Waals surface area contributed by atoms with E-state index in [-0.39, 0.29) is 16.9 Å². The lowest BCUT2D eigenvalue weighted by Crippen LogP contribution is -2.33. The molecule has 0 bridgehead atoms. The van der Waals surface area contributed by atoms with Gasteiger partial charge >= 0.3 is 0 Å². The van der Waals surface area contributed by atoms with Gasteiger partial charge in [-0.15, -0.1) is 0 Å². The lowest BCUT2D eigenvalue weighted by molar-refractivity contribution is 0.281. The fourth-order valence-electron chi connectivity index (χ4n) is 2.30. The van der Waals surface area contributed by atoms with Crippen molar-refractivity contribution in [3.05, 3.63) is 29.6 Å². The van der Waals surface area contributed by atoms with E-state index in [1.807, 2.05) is 0 Å². The number of benzene rings is 1. The van der Waals surface area contributed by atoms with Crippen molar-refractivity contribution in [2.24, 2.45) is 11.3 Å². The van der Waals surface area contributed by atoms with Crippen molar-refractivity contribution in [1.29, 1.82) is 0 Å². The Kier molecular flexibility index (Phi) is 4.18. The Hall–Kier alpha value is -0.980. The molecule has 0 atom stereocenters. The summed E-state index contributed by atoms with van der Waals surface area (Å²) in [5, 5.41) is 8.90. The Balaban J connectivity index is 2.15. The van der Waals surface area contributed by atoms with Crippen molar-refractivity contribution >= 4 is 10.0 Å². The molecule has 0 aromatic heterocycles. The van der Waals surface area contributed by atoms with Gasteiger partial charge < -0.3 is 5.11 Å². The molecule has 4 nitrogen and oxygen atoms in total. The number of aliphatic hydroxyl groups is 1. The molecule has 6 heteroatoms. The topological polar surface area (TPSA) is 66.4 Å². The molecule has 0 spiro atoms. The number of aliphatic hydroxyl groups excluding tert-OH is 1. The molecular weight excluding hydrogens is 281 g/mol. The predicted molar refractivity (Wildman–Crippen MR) is 74.0 cm³/mol. The molecule has 2 N–H and O–H groups in total. The molecule has 1 aliphatic rings. The molecule has 0 amide bonds. The highest BCUT2D eigenvalue weighted by Gasteiger charge is 2.45. The zero-order valence-electron chi connectivity index (χ0n) is 11.7. The van der Waals surface area contributed by atoms with Crippen LogP contribution in [-0.4, -0.2) is 20.1 Å². The van der Waals surface area contributed by atoms with E-state index in [2.05, 4.69) is 18.6 Å². The molecule has 1 aromatic carbocycles. The standard InChI is InChI=1S/C14H20FNO3S/c1-10(2)14(5-6-14)9-16-20(18,19)13-4-3-11(8-17)7-12(13)15/h3-4,7,10,16-17H,5-6,8-9H2,1-2H3. The Morgan fingerprint density at radius 3 is 2.50 bits per heavy atom. The number of rotatable bonds is 6. The first kappa shape index (κ1) is 15.4. The maximum absolute atomic E-state index is 13.8. The summed E-state index contributed by atoms with van der Waals surface area (Å²) in [6, 6.07) is 3.65. The largest absolute Gasteiger partial charge is 0.392 e. The van der Waals surface area contributed by atoms with Crippen molar-refractivity contribution in [2.45, 2.75) is 38.2 Å². The van der Waals surface area contributed by atoms with Crippen molar-refractivity contribution in [3.63, 3.8) is 0 Å². The number of sulfonamides is 1. The van der Waals surface area contributed by atoms with Gasteiger partial charge in [0.05, 0.1) is 6.61 Å². The Labute approximate surface area is 119 Å². The Morgan fingerprint density at radius 2 is 2.05 bits per heavy atom. The third-order valence-corrected chi connectivity index (χ3v) is 5.63. The molecular formula is C14H20FNO3S. The van der Waals surface area contributed by atoms with Gasteiger partial charge in [0, 0.05) is 6.54 Å². The van der Waals surface area contributed by atoms with Gasteiger partial charge in [-0.05, 0) is 41.9 Å². The lowest BCUT2D eigenvalue weighted by Gasteiger charge is -2.20. The highest BCUT2D eigenvalue weighted by molar-refractivity contribution is 7.89. The third-order valence-electron chi connectivity index (χ3n) is 4.20. The maximum atomic E-state index is 13.8. The van der Waals surface area contributed by atoms with Gasteiger partial charge in [-0.25, -0.2) is 17.5 Å². The normalized spacial score (nSPS) is 17.4. The summed E-state index contributed by atoms with van der Waals surface area (Å²) in [4.78, 5) is -0.366. The van der Waals surface area contributed by atoms with Crippen LogP contribution in [0, 0.1) is 17.2 Å². The summed E-state index contributed by atoms with van der Waals surface area (Å²) in [5.74, 6) is -0.440. The van der Waals surface area contributed by atoms with Crippen molar-refractivity contribution in [2.75, 3.05) is 6.54 Å². The molecule has 1 saturated carbocycles. The van der Waals surface area contributed by atoms with Gasteiger partial charge in [0.1, 0.15) is 10.7 Å². The van der Waals surface area contributed by atoms with Gasteiger partial charge in [-0.3, -0.25) is 0 Å². The highest BCUT2D eigenvalue weighted by atomic mass is 32.2. The molecule has 0 heterocycles. The first-order chi connectivity index (χ1) is 9.31. The van der Waals surface area contributed by atoms with Crippen LogP contribution in [-0.2, 0) is 16.6 Å². The van der Waals surface area contributed by atoms with E-state index in [9.17, 15) is 12.8 Å². The molecule has 1 aliphatic carbocycles. The average molecular weight is 301 g/mol. The summed E-state index contributed by atoms with van der Waals surface area (Å²) < 4.78 is 40.6. The second kappa shape index (κ2) is 5.42. The molecule has 20 heavy (non-hydrogen) atoms. The third kappa shape index (κ3) is 3.02. The maximum Gasteiger partial charge on any atom is 0.243 e. The van der Waals surface area contributed by atoms with Gasteiger partial charge in [0.15, 0.2) is 0 Å². The van der Waals surface area contributed by atoms with Crippen molar-refractivity contribution < 1.29 is 17.9 Å². The van der Waals surface area contributed by atoms with Crippen LogP contribution in [0.25, 0.3) is 0 Å². The van der Waals surface area contributed by atoms with Gasteiger partial charge in [-0.2, -0.15) is 0 Å². The molecule has 0 aliphatic heterocycles. The van der Waals surface area contributed by atoms with Crippen LogP contribution >= 0.6 is 0 Å². The molecule has 0 saturated heterocycles. The molecule has 2 rings (SSSR count). The van der Waals surface area contributed by atoms with Crippen LogP contribution in [0.3, 0.4) is 0 Å². The number of nitrogens with one attached hydrogen (secondary N) is 1. The SMILES string of the molecule is CC(C)C1(CNS(=O)(=O)c2ccc(CO)cc2F)CC1. The van der Waals surface area contributed by atoms with E-state index in [0.717, 1.165) is 18.9 Å². The average Bonchev–Trinajstić information content (AvgIpc) is 3.17. The molecule has 1 aromatic rings. The quantitative estimate of drug-likeness (QED) is 0.845. The number of hydrogen-bond donors (Lipinski definition) is 2. The van der Waals surface area contributed by atoms with Crippen LogP contribution in [0.4, 0.5) is 4.39 Å². The van der Waals surface area contributed by atoms with Crippen molar-refractivity contribution in [1.82, 2.24) is 4.72 Å². The molecule has 112 valence electrons. The summed E-state index contributed by atoms with van der Waals surface area (Å²) in [6.45, 7) is 4.16. The Morgan fingerprint density at radius 1 is 1.40 bits per heavy atom. The summed E-state index contributed by atoms with van der Waals surface area (Å²) in [5.41, 5.74) is 0.372. The van der Waals surface area contributed by atoms with E-state index in [1.54, 1.807) is 0 Å². The fourth-order valence-corrected chi connectivity index (χ4v) is 3.49. The second-order valence-corrected chi connectivity index (χ2v) is 7.50. The molecule has 0 unspecified atom stereocenters. The monoisotopic (exact) mass is 301 g/mol. The van der Waals surface area contributed by atoms with E-state index in [1.165, 1.54) is 12.1 Å². The molecule has 0 radical (unpaired) electrons. The number of hydrogen-bond acceptors (Lipinski definition) is 3. The second-order valence-electron chi connectivity index (χ2n) is 5.76. The zero-order chi connectivity index (χ0) is 15.0. The van der Waals surface area contributed by atoms with Crippen LogP contribution in [0.15, 0.2) is 23.1 Å². The minimum atomic E-state index is -3.85. The van der Waals surface area contributed by atoms with Gasteiger partial charge in [-0.1, -0.05) is 19.9 Å². The lowest BCUT2D eigenvalue weighted by atomic mass is 9.93. The van der Waals surface area contributed by atoms with E-state index >= 15 is 0 Å². The summed E-state index contributed by atoms with van der Waals surface area (Å²) in [6.07, 6.45) is 2.00. The van der Waals surface area contributed by atoms with Crippen LogP contribution in [0.2, 0.25) is 0 Å². The fraction of sp³-hybridized carbons (Fsp3) is 0.571.